The topological polar surface area (TPSA) is 69.2 Å². The van der Waals surface area contributed by atoms with E-state index in [-0.39, 0.29) is 6.04 Å². The molecule has 0 aromatic heterocycles. The van der Waals surface area contributed by atoms with Crippen LogP contribution in [0.15, 0.2) is 4.99 Å². The zero-order chi connectivity index (χ0) is 20.7. The molecule has 2 unspecified atom stereocenters. The third-order valence-corrected chi connectivity index (χ3v) is 5.18. The van der Waals surface area contributed by atoms with Crippen molar-refractivity contribution < 1.29 is 22.7 Å². The third-order valence-electron chi connectivity index (χ3n) is 5.18. The normalized spacial score (nSPS) is 21.2. The van der Waals surface area contributed by atoms with Crippen molar-refractivity contribution in [2.45, 2.75) is 51.9 Å². The van der Waals surface area contributed by atoms with Gasteiger partial charge in [-0.3, -0.25) is 9.89 Å². The number of alkyl halides is 3. The van der Waals surface area contributed by atoms with E-state index < -0.39 is 18.3 Å². The lowest BCUT2D eigenvalue weighted by molar-refractivity contribution is -0.181. The number of halogens is 3. The summed E-state index contributed by atoms with van der Waals surface area (Å²) < 4.78 is 43.7. The molecule has 7 nitrogen and oxygen atoms in total. The van der Waals surface area contributed by atoms with Gasteiger partial charge in [-0.05, 0) is 39.5 Å². The molecular weight excluding hydrogens is 375 g/mol. The highest BCUT2D eigenvalue weighted by Crippen LogP contribution is 2.33. The molecule has 1 saturated heterocycles. The maximum Gasteiger partial charge on any atom is 0.407 e. The zero-order valence-electron chi connectivity index (χ0n) is 16.9. The van der Waals surface area contributed by atoms with E-state index in [9.17, 15) is 18.0 Å². The number of alkyl carbamates (subject to hydrolysis) is 1. The number of amides is 1. The molecule has 0 bridgehead atoms. The van der Waals surface area contributed by atoms with Crippen molar-refractivity contribution in [2.24, 2.45) is 10.9 Å². The number of carbonyl (C=O) groups excluding carboxylic acids is 1. The molecular formula is C18H32F3N5O2. The van der Waals surface area contributed by atoms with Gasteiger partial charge < -0.3 is 20.3 Å². The molecule has 1 aliphatic carbocycles. The Morgan fingerprint density at radius 3 is 2.36 bits per heavy atom. The minimum atomic E-state index is -4.21. The summed E-state index contributed by atoms with van der Waals surface area (Å²) >= 11 is 0. The van der Waals surface area contributed by atoms with Crippen molar-refractivity contribution >= 4 is 12.1 Å². The number of hydrogen-bond donors (Lipinski definition) is 2. The first-order chi connectivity index (χ1) is 13.3. The van der Waals surface area contributed by atoms with Crippen molar-refractivity contribution in [1.29, 1.82) is 0 Å². The van der Waals surface area contributed by atoms with E-state index in [0.717, 1.165) is 12.8 Å². The number of rotatable bonds is 7. The number of nitrogens with zero attached hydrogens (tertiary/aromatic N) is 3. The second-order valence-corrected chi connectivity index (χ2v) is 7.24. The predicted octanol–water partition coefficient (Wildman–Crippen LogP) is 2.04. The van der Waals surface area contributed by atoms with E-state index in [1.54, 1.807) is 6.92 Å². The van der Waals surface area contributed by atoms with Crippen molar-refractivity contribution in [2.75, 3.05) is 45.9 Å². The Balaban J connectivity index is 1.93. The standard InChI is InChI=1S/C18H32F3N5O2/c1-4-22-16(23-12-15(14-6-7-14)24-17(27)28-5-2)26-10-8-25(9-11-26)13(3)18(19,20)21/h13-15H,4-12H2,1-3H3,(H,22,23)(H,24,27). The van der Waals surface area contributed by atoms with E-state index in [1.165, 1.54) is 11.8 Å². The van der Waals surface area contributed by atoms with Crippen LogP contribution in [0, 0.1) is 5.92 Å². The molecule has 2 N–H and O–H groups in total. The van der Waals surface area contributed by atoms with Gasteiger partial charge in [0, 0.05) is 32.7 Å². The van der Waals surface area contributed by atoms with Crippen LogP contribution in [-0.2, 0) is 4.74 Å². The van der Waals surface area contributed by atoms with Gasteiger partial charge in [0.25, 0.3) is 0 Å². The lowest BCUT2D eigenvalue weighted by atomic mass is 10.2. The summed E-state index contributed by atoms with van der Waals surface area (Å²) in [6, 6.07) is -1.53. The first kappa shape index (κ1) is 22.6. The van der Waals surface area contributed by atoms with Crippen LogP contribution in [0.1, 0.15) is 33.6 Å². The first-order valence-electron chi connectivity index (χ1n) is 10.0. The third kappa shape index (κ3) is 6.72. The molecule has 2 rings (SSSR count). The van der Waals surface area contributed by atoms with Crippen LogP contribution in [0.5, 0.6) is 0 Å². The maximum absolute atomic E-state index is 12.9. The van der Waals surface area contributed by atoms with Gasteiger partial charge in [-0.2, -0.15) is 13.2 Å². The van der Waals surface area contributed by atoms with Crippen LogP contribution in [0.3, 0.4) is 0 Å². The molecule has 28 heavy (non-hydrogen) atoms. The largest absolute Gasteiger partial charge is 0.450 e. The van der Waals surface area contributed by atoms with E-state index in [0.29, 0.717) is 57.8 Å². The number of piperazine rings is 1. The Morgan fingerprint density at radius 2 is 1.86 bits per heavy atom. The van der Waals surface area contributed by atoms with E-state index in [1.807, 2.05) is 11.8 Å². The van der Waals surface area contributed by atoms with Gasteiger partial charge in [-0.15, -0.1) is 0 Å². The molecule has 10 heteroatoms. The Morgan fingerprint density at radius 1 is 1.21 bits per heavy atom. The molecule has 0 aromatic rings. The zero-order valence-corrected chi connectivity index (χ0v) is 16.9. The quantitative estimate of drug-likeness (QED) is 0.499. The molecule has 1 aliphatic heterocycles. The highest BCUT2D eigenvalue weighted by Gasteiger charge is 2.41. The second-order valence-electron chi connectivity index (χ2n) is 7.24. The smallest absolute Gasteiger partial charge is 0.407 e. The molecule has 1 saturated carbocycles. The SMILES string of the molecule is CCNC(=NCC(NC(=O)OCC)C1CC1)N1CCN(C(C)C(F)(F)F)CC1. The Bertz CT molecular complexity index is 532. The van der Waals surface area contributed by atoms with Gasteiger partial charge in [0.05, 0.1) is 19.2 Å². The minimum absolute atomic E-state index is 0.0840. The van der Waals surface area contributed by atoms with Gasteiger partial charge in [-0.1, -0.05) is 0 Å². The fourth-order valence-corrected chi connectivity index (χ4v) is 3.27. The van der Waals surface area contributed by atoms with E-state index in [2.05, 4.69) is 15.6 Å². The van der Waals surface area contributed by atoms with E-state index in [4.69, 9.17) is 4.74 Å². The number of hydrogen-bond acceptors (Lipinski definition) is 4. The predicted molar refractivity (Wildman–Crippen MR) is 101 cm³/mol. The summed E-state index contributed by atoms with van der Waals surface area (Å²) in [5.41, 5.74) is 0. The summed E-state index contributed by atoms with van der Waals surface area (Å²) in [4.78, 5) is 19.8. The molecule has 2 atom stereocenters. The monoisotopic (exact) mass is 407 g/mol. The Kier molecular flexibility index (Phi) is 8.21. The van der Waals surface area contributed by atoms with E-state index >= 15 is 0 Å². The average molecular weight is 407 g/mol. The van der Waals surface area contributed by atoms with Gasteiger partial charge in [0.1, 0.15) is 6.04 Å². The van der Waals surface area contributed by atoms with Crippen molar-refractivity contribution in [3.8, 4) is 0 Å². The van der Waals surface area contributed by atoms with Gasteiger partial charge in [0.15, 0.2) is 5.96 Å². The average Bonchev–Trinajstić information content (AvgIpc) is 3.48. The van der Waals surface area contributed by atoms with Crippen LogP contribution < -0.4 is 10.6 Å². The van der Waals surface area contributed by atoms with Crippen LogP contribution in [0.25, 0.3) is 0 Å². The van der Waals surface area contributed by atoms with Gasteiger partial charge in [-0.25, -0.2) is 4.79 Å². The summed E-state index contributed by atoms with van der Waals surface area (Å²) in [6.07, 6.45) is -2.54. The fraction of sp³-hybridized carbons (Fsp3) is 0.889. The highest BCUT2D eigenvalue weighted by molar-refractivity contribution is 5.80. The molecule has 1 amide bonds. The lowest BCUT2D eigenvalue weighted by Gasteiger charge is -2.39. The number of nitrogens with one attached hydrogen (secondary N) is 2. The molecule has 0 radical (unpaired) electrons. The summed E-state index contributed by atoms with van der Waals surface area (Å²) in [7, 11) is 0. The summed E-state index contributed by atoms with van der Waals surface area (Å²) in [6.45, 7) is 7.93. The first-order valence-corrected chi connectivity index (χ1v) is 10.0. The number of ether oxygens (including phenoxy) is 1. The van der Waals surface area contributed by atoms with Crippen molar-refractivity contribution in [1.82, 2.24) is 20.4 Å². The molecule has 2 fully saturated rings. The van der Waals surface area contributed by atoms with Crippen molar-refractivity contribution in [3.05, 3.63) is 0 Å². The maximum atomic E-state index is 12.9. The fourth-order valence-electron chi connectivity index (χ4n) is 3.27. The molecule has 0 spiro atoms. The van der Waals surface area contributed by atoms with Crippen molar-refractivity contribution in [3.63, 3.8) is 0 Å². The van der Waals surface area contributed by atoms with Crippen LogP contribution >= 0.6 is 0 Å². The lowest BCUT2D eigenvalue weighted by Crippen LogP contribution is -2.57. The van der Waals surface area contributed by atoms with Gasteiger partial charge in [0.2, 0.25) is 0 Å². The number of aliphatic imine (C=N–C) groups is 1. The second kappa shape index (κ2) is 10.2. The van der Waals surface area contributed by atoms with Crippen LogP contribution in [-0.4, -0.2) is 86.0 Å². The molecule has 1 heterocycles. The number of carbonyl (C=O) groups is 1. The van der Waals surface area contributed by atoms with Gasteiger partial charge >= 0.3 is 12.3 Å². The summed E-state index contributed by atoms with van der Waals surface area (Å²) in [5, 5.41) is 6.08. The minimum Gasteiger partial charge on any atom is -0.450 e. The molecule has 2 aliphatic rings. The number of guanidine groups is 1. The van der Waals surface area contributed by atoms with Crippen LogP contribution in [0.4, 0.5) is 18.0 Å². The summed E-state index contributed by atoms with van der Waals surface area (Å²) in [5.74, 6) is 1.08. The Labute approximate surface area is 164 Å². The molecule has 0 aromatic carbocycles. The highest BCUT2D eigenvalue weighted by atomic mass is 19.4. The Hall–Kier alpha value is -1.71. The van der Waals surface area contributed by atoms with Crippen LogP contribution in [0.2, 0.25) is 0 Å². The molecule has 162 valence electrons.